The van der Waals surface area contributed by atoms with Crippen LogP contribution in [0.1, 0.15) is 23.0 Å². The molecule has 0 unspecified atom stereocenters. The highest BCUT2D eigenvalue weighted by Gasteiger charge is 2.30. The molecule has 0 aliphatic heterocycles. The molecular weight excluding hydrogens is 331 g/mol. The molecule has 2 aromatic rings. The van der Waals surface area contributed by atoms with Gasteiger partial charge in [-0.15, -0.1) is 5.10 Å². The molecule has 0 aliphatic carbocycles. The van der Waals surface area contributed by atoms with Crippen molar-refractivity contribution in [3.05, 3.63) is 35.8 Å². The molecule has 128 valence electrons. The lowest BCUT2D eigenvalue weighted by Gasteiger charge is -2.16. The summed E-state index contributed by atoms with van der Waals surface area (Å²) in [6.07, 6.45) is -2.70. The molecule has 2 heterocycles. The van der Waals surface area contributed by atoms with Crippen LogP contribution >= 0.6 is 0 Å². The first-order valence-electron chi connectivity index (χ1n) is 6.69. The van der Waals surface area contributed by atoms with Crippen LogP contribution in [0.3, 0.4) is 0 Å². The Labute approximate surface area is 133 Å². The summed E-state index contributed by atoms with van der Waals surface area (Å²) < 4.78 is 38.5. The summed E-state index contributed by atoms with van der Waals surface area (Å²) in [5.74, 6) is -1.80. The monoisotopic (exact) mass is 343 g/mol. The molecule has 1 amide bonds. The van der Waals surface area contributed by atoms with Crippen LogP contribution in [0.5, 0.6) is 0 Å². The van der Waals surface area contributed by atoms with E-state index >= 15 is 0 Å². The van der Waals surface area contributed by atoms with Crippen LogP contribution in [0, 0.1) is 0 Å². The van der Waals surface area contributed by atoms with Gasteiger partial charge in [0.15, 0.2) is 11.5 Å². The van der Waals surface area contributed by atoms with Gasteiger partial charge in [-0.2, -0.15) is 13.2 Å². The zero-order chi connectivity index (χ0) is 17.9. The van der Waals surface area contributed by atoms with Crippen LogP contribution in [-0.4, -0.2) is 55.0 Å². The molecule has 2 rings (SSSR count). The molecule has 8 nitrogen and oxygen atoms in total. The number of pyridine rings is 1. The highest BCUT2D eigenvalue weighted by atomic mass is 19.4. The van der Waals surface area contributed by atoms with Gasteiger partial charge in [0.2, 0.25) is 0 Å². The molecule has 2 aromatic heterocycles. The highest BCUT2D eigenvalue weighted by Crippen LogP contribution is 2.28. The smallest absolute Gasteiger partial charge is 0.417 e. The lowest BCUT2D eigenvalue weighted by Crippen LogP contribution is -2.35. The molecule has 0 fully saturated rings. The second-order valence-corrected chi connectivity index (χ2v) is 4.66. The number of halogens is 3. The van der Waals surface area contributed by atoms with Gasteiger partial charge in [-0.1, -0.05) is 5.21 Å². The minimum Gasteiger partial charge on any atom is -0.480 e. The molecule has 0 saturated carbocycles. The summed E-state index contributed by atoms with van der Waals surface area (Å²) in [5.41, 5.74) is -1.05. The Hall–Kier alpha value is -2.98. The predicted octanol–water partition coefficient (Wildman–Crippen LogP) is 1.23. The van der Waals surface area contributed by atoms with Crippen molar-refractivity contribution in [2.75, 3.05) is 13.1 Å². The second-order valence-electron chi connectivity index (χ2n) is 4.66. The van der Waals surface area contributed by atoms with Crippen LogP contribution < -0.4 is 0 Å². The van der Waals surface area contributed by atoms with E-state index in [1.807, 2.05) is 0 Å². The van der Waals surface area contributed by atoms with Crippen molar-refractivity contribution in [1.29, 1.82) is 0 Å². The number of alkyl halides is 3. The van der Waals surface area contributed by atoms with E-state index < -0.39 is 30.2 Å². The first-order valence-corrected chi connectivity index (χ1v) is 6.69. The van der Waals surface area contributed by atoms with Gasteiger partial charge in [0.05, 0.1) is 11.8 Å². The maximum absolute atomic E-state index is 12.5. The van der Waals surface area contributed by atoms with E-state index in [9.17, 15) is 22.8 Å². The number of rotatable bonds is 5. The van der Waals surface area contributed by atoms with Gasteiger partial charge in [-0.05, 0) is 19.1 Å². The first-order chi connectivity index (χ1) is 11.2. The minimum atomic E-state index is -4.51. The lowest BCUT2D eigenvalue weighted by atomic mass is 10.3. The molecular formula is C13H12F3N5O3. The maximum Gasteiger partial charge on any atom is 0.417 e. The molecule has 0 bridgehead atoms. The van der Waals surface area contributed by atoms with E-state index in [4.69, 9.17) is 5.11 Å². The summed E-state index contributed by atoms with van der Waals surface area (Å²) in [5, 5.41) is 16.0. The van der Waals surface area contributed by atoms with E-state index in [1.165, 1.54) is 6.20 Å². The molecule has 11 heteroatoms. The second kappa shape index (κ2) is 6.64. The van der Waals surface area contributed by atoms with Gasteiger partial charge in [-0.25, -0.2) is 9.67 Å². The Bertz CT molecular complexity index is 742. The van der Waals surface area contributed by atoms with Crippen molar-refractivity contribution in [2.24, 2.45) is 0 Å². The Morgan fingerprint density at radius 2 is 2.04 bits per heavy atom. The molecule has 0 aromatic carbocycles. The van der Waals surface area contributed by atoms with Crippen molar-refractivity contribution < 1.29 is 27.9 Å². The molecule has 24 heavy (non-hydrogen) atoms. The van der Waals surface area contributed by atoms with Gasteiger partial charge < -0.3 is 10.0 Å². The summed E-state index contributed by atoms with van der Waals surface area (Å²) >= 11 is 0. The Morgan fingerprint density at radius 1 is 1.33 bits per heavy atom. The summed E-state index contributed by atoms with van der Waals surface area (Å²) in [7, 11) is 0. The average molecular weight is 343 g/mol. The average Bonchev–Trinajstić information content (AvgIpc) is 3.01. The van der Waals surface area contributed by atoms with Crippen molar-refractivity contribution in [3.63, 3.8) is 0 Å². The normalized spacial score (nSPS) is 11.3. The highest BCUT2D eigenvalue weighted by molar-refractivity contribution is 5.93. The van der Waals surface area contributed by atoms with Crippen LogP contribution in [0.25, 0.3) is 5.82 Å². The Kier molecular flexibility index (Phi) is 4.81. The molecule has 0 spiro atoms. The fraction of sp³-hybridized carbons (Fsp3) is 0.308. The van der Waals surface area contributed by atoms with Crippen molar-refractivity contribution in [3.8, 4) is 5.82 Å². The molecule has 0 saturated heterocycles. The first kappa shape index (κ1) is 17.4. The van der Waals surface area contributed by atoms with Crippen LogP contribution in [0.2, 0.25) is 0 Å². The third kappa shape index (κ3) is 3.86. The van der Waals surface area contributed by atoms with E-state index in [2.05, 4.69) is 15.3 Å². The van der Waals surface area contributed by atoms with Gasteiger partial charge in [0.1, 0.15) is 6.54 Å². The quantitative estimate of drug-likeness (QED) is 0.876. The van der Waals surface area contributed by atoms with Gasteiger partial charge in [-0.3, -0.25) is 9.59 Å². The van der Waals surface area contributed by atoms with Gasteiger partial charge in [0, 0.05) is 12.7 Å². The number of carboxylic acids is 1. The minimum absolute atomic E-state index is 0.0378. The number of carboxylic acid groups (broad SMARTS) is 1. The fourth-order valence-electron chi connectivity index (χ4n) is 1.82. The third-order valence-corrected chi connectivity index (χ3v) is 3.02. The summed E-state index contributed by atoms with van der Waals surface area (Å²) in [4.78, 5) is 27.5. The number of aromatic nitrogens is 4. The molecule has 0 radical (unpaired) electrons. The van der Waals surface area contributed by atoms with Gasteiger partial charge in [0.25, 0.3) is 5.91 Å². The number of hydrogen-bond acceptors (Lipinski definition) is 5. The number of aliphatic carboxylic acids is 1. The number of amides is 1. The van der Waals surface area contributed by atoms with Gasteiger partial charge >= 0.3 is 12.1 Å². The van der Waals surface area contributed by atoms with E-state index in [1.54, 1.807) is 6.92 Å². The zero-order valence-corrected chi connectivity index (χ0v) is 12.4. The maximum atomic E-state index is 12.5. The topological polar surface area (TPSA) is 101 Å². The Morgan fingerprint density at radius 3 is 2.54 bits per heavy atom. The van der Waals surface area contributed by atoms with E-state index in [0.29, 0.717) is 6.20 Å². The van der Waals surface area contributed by atoms with Crippen LogP contribution in [0.15, 0.2) is 24.5 Å². The molecule has 1 N–H and O–H groups in total. The Balaban J connectivity index is 2.21. The molecule has 0 atom stereocenters. The van der Waals surface area contributed by atoms with Crippen molar-refractivity contribution in [2.45, 2.75) is 13.1 Å². The number of nitrogens with zero attached hydrogens (tertiary/aromatic N) is 5. The van der Waals surface area contributed by atoms with Crippen LogP contribution in [0.4, 0.5) is 13.2 Å². The van der Waals surface area contributed by atoms with Crippen LogP contribution in [-0.2, 0) is 11.0 Å². The largest absolute Gasteiger partial charge is 0.480 e. The molecule has 0 aliphatic rings. The standard InChI is InChI=1S/C13H12F3N5O3/c1-2-20(7-11(22)23)12(24)9-6-21(19-18-9)10-4-3-8(5-17-10)13(14,15)16/h3-6H,2,7H2,1H3,(H,22,23). The summed E-state index contributed by atoms with van der Waals surface area (Å²) in [6, 6.07) is 1.91. The number of likely N-dealkylation sites (N-methyl/N-ethyl adjacent to an activating group) is 1. The summed E-state index contributed by atoms with van der Waals surface area (Å²) in [6.45, 7) is 1.25. The van der Waals surface area contributed by atoms with Crippen molar-refractivity contribution in [1.82, 2.24) is 24.9 Å². The fourth-order valence-corrected chi connectivity index (χ4v) is 1.82. The van der Waals surface area contributed by atoms with E-state index in [-0.39, 0.29) is 18.1 Å². The number of carbonyl (C=O) groups excluding carboxylic acids is 1. The number of hydrogen-bond donors (Lipinski definition) is 1. The SMILES string of the molecule is CCN(CC(=O)O)C(=O)c1cn(-c2ccc(C(F)(F)F)cn2)nn1. The van der Waals surface area contributed by atoms with Crippen molar-refractivity contribution >= 4 is 11.9 Å². The zero-order valence-electron chi connectivity index (χ0n) is 12.4. The lowest BCUT2D eigenvalue weighted by molar-refractivity contribution is -0.138. The third-order valence-electron chi connectivity index (χ3n) is 3.02. The number of carbonyl (C=O) groups is 2. The van der Waals surface area contributed by atoms with E-state index in [0.717, 1.165) is 21.7 Å². The predicted molar refractivity (Wildman–Crippen MR) is 73.4 cm³/mol.